The van der Waals surface area contributed by atoms with E-state index in [9.17, 15) is 4.79 Å². The zero-order valence-corrected chi connectivity index (χ0v) is 14.2. The molecule has 128 valence electrons. The fourth-order valence-electron chi connectivity index (χ4n) is 2.35. The third kappa shape index (κ3) is 4.44. The van der Waals surface area contributed by atoms with Gasteiger partial charge in [0.15, 0.2) is 0 Å². The van der Waals surface area contributed by atoms with E-state index in [1.165, 1.54) is 6.33 Å². The maximum atomic E-state index is 12.3. The van der Waals surface area contributed by atoms with Gasteiger partial charge in [-0.15, -0.1) is 0 Å². The van der Waals surface area contributed by atoms with Crippen molar-refractivity contribution in [2.45, 2.75) is 26.5 Å². The van der Waals surface area contributed by atoms with Gasteiger partial charge in [0.1, 0.15) is 18.4 Å². The number of hydrogen-bond donors (Lipinski definition) is 1. The highest BCUT2D eigenvalue weighted by molar-refractivity contribution is 5.94. The van der Waals surface area contributed by atoms with E-state index < -0.39 is 0 Å². The largest absolute Gasteiger partial charge is 0.491 e. The number of amides is 1. The van der Waals surface area contributed by atoms with Gasteiger partial charge in [0.05, 0.1) is 11.8 Å². The Balaban J connectivity index is 1.57. The predicted molar refractivity (Wildman–Crippen MR) is 94.7 cm³/mol. The van der Waals surface area contributed by atoms with Crippen LogP contribution in [-0.4, -0.2) is 26.8 Å². The van der Waals surface area contributed by atoms with E-state index in [1.807, 2.05) is 50.2 Å². The Hall–Kier alpha value is -3.15. The van der Waals surface area contributed by atoms with E-state index in [0.717, 1.165) is 17.0 Å². The molecular weight excluding hydrogens is 316 g/mol. The lowest BCUT2D eigenvalue weighted by Crippen LogP contribution is -2.22. The monoisotopic (exact) mass is 336 g/mol. The first-order valence-corrected chi connectivity index (χ1v) is 8.10. The van der Waals surface area contributed by atoms with Crippen molar-refractivity contribution in [1.82, 2.24) is 20.1 Å². The lowest BCUT2D eigenvalue weighted by atomic mass is 10.1. The van der Waals surface area contributed by atoms with Crippen LogP contribution in [0.5, 0.6) is 5.75 Å². The topological polar surface area (TPSA) is 69.0 Å². The average molecular weight is 336 g/mol. The summed E-state index contributed by atoms with van der Waals surface area (Å²) in [4.78, 5) is 16.2. The molecule has 0 saturated heterocycles. The van der Waals surface area contributed by atoms with Crippen molar-refractivity contribution in [3.8, 4) is 11.4 Å². The van der Waals surface area contributed by atoms with Gasteiger partial charge in [-0.1, -0.05) is 12.1 Å². The first-order valence-electron chi connectivity index (χ1n) is 8.10. The molecule has 0 spiro atoms. The van der Waals surface area contributed by atoms with Gasteiger partial charge < -0.3 is 10.1 Å². The van der Waals surface area contributed by atoms with Gasteiger partial charge >= 0.3 is 0 Å². The summed E-state index contributed by atoms with van der Waals surface area (Å²) in [5.74, 6) is 0.710. The van der Waals surface area contributed by atoms with Crippen molar-refractivity contribution in [2.75, 3.05) is 0 Å². The molecule has 0 aliphatic rings. The van der Waals surface area contributed by atoms with Crippen molar-refractivity contribution in [3.05, 3.63) is 72.3 Å². The molecule has 0 unspecified atom stereocenters. The number of nitrogens with one attached hydrogen (secondary N) is 1. The van der Waals surface area contributed by atoms with Crippen LogP contribution in [0.1, 0.15) is 29.8 Å². The number of aromatic nitrogens is 3. The summed E-state index contributed by atoms with van der Waals surface area (Å²) in [5, 5.41) is 6.97. The van der Waals surface area contributed by atoms with Crippen molar-refractivity contribution in [2.24, 2.45) is 0 Å². The van der Waals surface area contributed by atoms with Gasteiger partial charge in [0.2, 0.25) is 0 Å². The Morgan fingerprint density at radius 2 is 1.84 bits per heavy atom. The minimum atomic E-state index is -0.118. The molecule has 0 fully saturated rings. The molecule has 6 nitrogen and oxygen atoms in total. The molecule has 2 aromatic carbocycles. The zero-order chi connectivity index (χ0) is 17.6. The summed E-state index contributed by atoms with van der Waals surface area (Å²) in [5.41, 5.74) is 2.47. The van der Waals surface area contributed by atoms with Crippen LogP contribution >= 0.6 is 0 Å². The van der Waals surface area contributed by atoms with E-state index >= 15 is 0 Å². The minimum absolute atomic E-state index is 0.118. The van der Waals surface area contributed by atoms with Crippen LogP contribution in [0.25, 0.3) is 5.69 Å². The summed E-state index contributed by atoms with van der Waals surface area (Å²) in [6.45, 7) is 4.44. The number of hydrogen-bond acceptors (Lipinski definition) is 4. The second-order valence-corrected chi connectivity index (χ2v) is 5.88. The molecule has 0 aliphatic heterocycles. The summed E-state index contributed by atoms with van der Waals surface area (Å²) >= 11 is 0. The third-order valence-corrected chi connectivity index (χ3v) is 3.56. The van der Waals surface area contributed by atoms with E-state index in [2.05, 4.69) is 15.4 Å². The van der Waals surface area contributed by atoms with E-state index in [0.29, 0.717) is 12.1 Å². The third-order valence-electron chi connectivity index (χ3n) is 3.56. The maximum Gasteiger partial charge on any atom is 0.251 e. The fourth-order valence-corrected chi connectivity index (χ4v) is 2.35. The van der Waals surface area contributed by atoms with Gasteiger partial charge in [0.25, 0.3) is 5.91 Å². The van der Waals surface area contributed by atoms with Crippen LogP contribution in [0.3, 0.4) is 0 Å². The Kier molecular flexibility index (Phi) is 5.09. The number of nitrogens with zero attached hydrogens (tertiary/aromatic N) is 3. The van der Waals surface area contributed by atoms with Crippen LogP contribution in [0, 0.1) is 0 Å². The van der Waals surface area contributed by atoms with Gasteiger partial charge in [-0.3, -0.25) is 4.79 Å². The first kappa shape index (κ1) is 16.7. The van der Waals surface area contributed by atoms with Gasteiger partial charge in [0, 0.05) is 12.1 Å². The van der Waals surface area contributed by atoms with Crippen molar-refractivity contribution < 1.29 is 9.53 Å². The standard InChI is InChI=1S/C19H20N4O2/c1-14(2)25-18-9-3-15(4-10-18)11-21-19(24)16-5-7-17(8-6-16)23-13-20-12-22-23/h3-10,12-14H,11H2,1-2H3,(H,21,24). The highest BCUT2D eigenvalue weighted by Crippen LogP contribution is 2.14. The lowest BCUT2D eigenvalue weighted by molar-refractivity contribution is 0.0951. The molecular formula is C19H20N4O2. The Morgan fingerprint density at radius 1 is 1.12 bits per heavy atom. The molecule has 1 amide bonds. The van der Waals surface area contributed by atoms with Crippen LogP contribution < -0.4 is 10.1 Å². The number of carbonyl (C=O) groups is 1. The van der Waals surface area contributed by atoms with E-state index in [1.54, 1.807) is 23.1 Å². The SMILES string of the molecule is CC(C)Oc1ccc(CNC(=O)c2ccc(-n3cncn3)cc2)cc1. The Bertz CT molecular complexity index is 810. The van der Waals surface area contributed by atoms with Crippen molar-refractivity contribution >= 4 is 5.91 Å². The first-order chi connectivity index (χ1) is 12.1. The van der Waals surface area contributed by atoms with E-state index in [4.69, 9.17) is 4.74 Å². The molecule has 0 saturated carbocycles. The second kappa shape index (κ2) is 7.61. The van der Waals surface area contributed by atoms with Crippen molar-refractivity contribution in [3.63, 3.8) is 0 Å². The summed E-state index contributed by atoms with van der Waals surface area (Å²) < 4.78 is 7.25. The molecule has 1 heterocycles. The predicted octanol–water partition coefficient (Wildman–Crippen LogP) is 2.98. The van der Waals surface area contributed by atoms with Crippen LogP contribution in [0.2, 0.25) is 0 Å². The fraction of sp³-hybridized carbons (Fsp3) is 0.211. The van der Waals surface area contributed by atoms with Crippen molar-refractivity contribution in [1.29, 1.82) is 0 Å². The number of ether oxygens (including phenoxy) is 1. The molecule has 6 heteroatoms. The molecule has 25 heavy (non-hydrogen) atoms. The molecule has 3 rings (SSSR count). The maximum absolute atomic E-state index is 12.3. The van der Waals surface area contributed by atoms with Gasteiger partial charge in [-0.25, -0.2) is 9.67 Å². The number of benzene rings is 2. The molecule has 0 radical (unpaired) electrons. The van der Waals surface area contributed by atoms with Gasteiger partial charge in [-0.05, 0) is 55.8 Å². The van der Waals surface area contributed by atoms with E-state index in [-0.39, 0.29) is 12.0 Å². The molecule has 1 N–H and O–H groups in total. The normalized spacial score (nSPS) is 10.7. The minimum Gasteiger partial charge on any atom is -0.491 e. The highest BCUT2D eigenvalue weighted by atomic mass is 16.5. The number of rotatable bonds is 6. The summed E-state index contributed by atoms with van der Waals surface area (Å²) in [6.07, 6.45) is 3.23. The highest BCUT2D eigenvalue weighted by Gasteiger charge is 2.06. The molecule has 0 aliphatic carbocycles. The Morgan fingerprint density at radius 3 is 2.44 bits per heavy atom. The quantitative estimate of drug-likeness (QED) is 0.751. The smallest absolute Gasteiger partial charge is 0.251 e. The lowest BCUT2D eigenvalue weighted by Gasteiger charge is -2.10. The summed E-state index contributed by atoms with van der Waals surface area (Å²) in [6, 6.07) is 14.9. The summed E-state index contributed by atoms with van der Waals surface area (Å²) in [7, 11) is 0. The van der Waals surface area contributed by atoms with Crippen LogP contribution in [0.4, 0.5) is 0 Å². The number of carbonyl (C=O) groups excluding carboxylic acids is 1. The van der Waals surface area contributed by atoms with Crippen LogP contribution in [0.15, 0.2) is 61.2 Å². The second-order valence-electron chi connectivity index (χ2n) is 5.88. The molecule has 0 bridgehead atoms. The van der Waals surface area contributed by atoms with Crippen LogP contribution in [-0.2, 0) is 6.54 Å². The van der Waals surface area contributed by atoms with Gasteiger partial charge in [-0.2, -0.15) is 5.10 Å². The molecule has 0 atom stereocenters. The molecule has 3 aromatic rings. The average Bonchev–Trinajstić information content (AvgIpc) is 3.15. The molecule has 1 aromatic heterocycles. The Labute approximate surface area is 146 Å². The zero-order valence-electron chi connectivity index (χ0n) is 14.2.